The van der Waals surface area contributed by atoms with Crippen molar-refractivity contribution in [3.05, 3.63) is 29.1 Å². The maximum Gasteiger partial charge on any atom is 0.292 e. The zero-order chi connectivity index (χ0) is 9.26. The number of hydrogen-bond acceptors (Lipinski definition) is 4. The van der Waals surface area contributed by atoms with E-state index in [2.05, 4.69) is 25.9 Å². The lowest BCUT2D eigenvalue weighted by molar-refractivity contribution is 0.594. The summed E-state index contributed by atoms with van der Waals surface area (Å²) in [5.41, 5.74) is 6.19. The molecule has 2 aromatic heterocycles. The average molecular weight is 240 g/mol. The lowest BCUT2D eigenvalue weighted by Crippen LogP contribution is -1.80. The molecule has 0 aromatic carbocycles. The lowest BCUT2D eigenvalue weighted by atomic mass is 10.2. The van der Waals surface area contributed by atoms with Crippen LogP contribution < -0.4 is 5.73 Å². The summed E-state index contributed by atoms with van der Waals surface area (Å²) in [7, 11) is 0. The van der Waals surface area contributed by atoms with Gasteiger partial charge in [0.05, 0.1) is 6.20 Å². The molecule has 0 aliphatic heterocycles. The third kappa shape index (κ3) is 1.70. The number of nitrogen functional groups attached to an aromatic ring is 1. The van der Waals surface area contributed by atoms with Gasteiger partial charge in [-0.3, -0.25) is 4.98 Å². The zero-order valence-corrected chi connectivity index (χ0v) is 8.15. The van der Waals surface area contributed by atoms with Crippen molar-refractivity contribution in [2.24, 2.45) is 0 Å². The molecule has 0 bridgehead atoms. The Kier molecular flexibility index (Phi) is 2.02. The van der Waals surface area contributed by atoms with Crippen LogP contribution in [0.1, 0.15) is 0 Å². The van der Waals surface area contributed by atoms with Gasteiger partial charge in [-0.1, -0.05) is 0 Å². The van der Waals surface area contributed by atoms with E-state index in [1.807, 2.05) is 6.07 Å². The molecule has 0 spiro atoms. The molecule has 2 rings (SSSR count). The molecule has 13 heavy (non-hydrogen) atoms. The molecule has 5 heteroatoms. The van der Waals surface area contributed by atoms with Crippen LogP contribution in [-0.4, -0.2) is 9.97 Å². The molecule has 4 nitrogen and oxygen atoms in total. The predicted molar refractivity (Wildman–Crippen MR) is 51.8 cm³/mol. The molecule has 2 heterocycles. The van der Waals surface area contributed by atoms with Gasteiger partial charge in [-0.15, -0.1) is 0 Å². The van der Waals surface area contributed by atoms with E-state index in [1.165, 1.54) is 0 Å². The van der Waals surface area contributed by atoms with E-state index in [-0.39, 0.29) is 6.01 Å². The highest BCUT2D eigenvalue weighted by atomic mass is 79.9. The summed E-state index contributed by atoms with van der Waals surface area (Å²) in [6.07, 6.45) is 4.95. The van der Waals surface area contributed by atoms with Crippen molar-refractivity contribution in [3.63, 3.8) is 0 Å². The van der Waals surface area contributed by atoms with Crippen molar-refractivity contribution in [2.75, 3.05) is 5.73 Å². The third-order valence-electron chi connectivity index (χ3n) is 1.51. The molecule has 0 saturated carbocycles. The molecule has 0 unspecified atom stereocenters. The minimum Gasteiger partial charge on any atom is -0.424 e. The quantitative estimate of drug-likeness (QED) is 0.828. The zero-order valence-electron chi connectivity index (χ0n) is 6.57. The van der Waals surface area contributed by atoms with Crippen LogP contribution in [0.25, 0.3) is 11.3 Å². The predicted octanol–water partition coefficient (Wildman–Crippen LogP) is 2.08. The molecule has 0 aliphatic carbocycles. The lowest BCUT2D eigenvalue weighted by Gasteiger charge is -1.94. The number of oxazole rings is 1. The molecular weight excluding hydrogens is 234 g/mol. The Balaban J connectivity index is 2.46. The highest BCUT2D eigenvalue weighted by Crippen LogP contribution is 2.22. The Morgan fingerprint density at radius 1 is 1.31 bits per heavy atom. The number of nitrogens with two attached hydrogens (primary N) is 1. The number of aromatic nitrogens is 2. The van der Waals surface area contributed by atoms with Gasteiger partial charge in [-0.25, -0.2) is 4.98 Å². The number of rotatable bonds is 1. The smallest absolute Gasteiger partial charge is 0.292 e. The van der Waals surface area contributed by atoms with E-state index in [0.717, 1.165) is 10.0 Å². The summed E-state index contributed by atoms with van der Waals surface area (Å²) in [5.74, 6) is 0.617. The first kappa shape index (κ1) is 8.25. The minimum absolute atomic E-state index is 0.162. The van der Waals surface area contributed by atoms with Crippen LogP contribution in [0.4, 0.5) is 6.01 Å². The maximum atomic E-state index is 5.34. The highest BCUT2D eigenvalue weighted by molar-refractivity contribution is 9.10. The molecule has 2 N–H and O–H groups in total. The van der Waals surface area contributed by atoms with Crippen molar-refractivity contribution in [1.82, 2.24) is 9.97 Å². The molecule has 2 aromatic rings. The van der Waals surface area contributed by atoms with E-state index in [4.69, 9.17) is 10.2 Å². The first-order valence-electron chi connectivity index (χ1n) is 3.58. The van der Waals surface area contributed by atoms with Crippen LogP contribution >= 0.6 is 15.9 Å². The van der Waals surface area contributed by atoms with Crippen LogP contribution in [-0.2, 0) is 0 Å². The van der Waals surface area contributed by atoms with Gasteiger partial charge in [-0.05, 0) is 22.0 Å². The van der Waals surface area contributed by atoms with Gasteiger partial charge in [0.1, 0.15) is 0 Å². The van der Waals surface area contributed by atoms with Gasteiger partial charge in [0.15, 0.2) is 5.76 Å². The highest BCUT2D eigenvalue weighted by Gasteiger charge is 2.04. The Bertz CT molecular complexity index is 427. The fourth-order valence-electron chi connectivity index (χ4n) is 0.968. The first-order valence-corrected chi connectivity index (χ1v) is 4.37. The third-order valence-corrected chi connectivity index (χ3v) is 1.95. The number of halogens is 1. The second-order valence-electron chi connectivity index (χ2n) is 2.45. The van der Waals surface area contributed by atoms with Crippen LogP contribution in [0.3, 0.4) is 0 Å². The van der Waals surface area contributed by atoms with E-state index in [1.54, 1.807) is 18.6 Å². The standard InChI is InChI=1S/C8H6BrN3O/c9-6-1-5(2-11-3-6)7-4-12-8(10)13-7/h1-4H,(H2,10,12). The van der Waals surface area contributed by atoms with Gasteiger partial charge in [0.25, 0.3) is 6.01 Å². The maximum absolute atomic E-state index is 5.34. The van der Waals surface area contributed by atoms with Crippen molar-refractivity contribution in [1.29, 1.82) is 0 Å². The molecule has 0 atom stereocenters. The molecule has 66 valence electrons. The number of nitrogens with zero attached hydrogens (tertiary/aromatic N) is 2. The SMILES string of the molecule is Nc1ncc(-c2cncc(Br)c2)o1. The fraction of sp³-hybridized carbons (Fsp3) is 0. The Labute approximate surface area is 82.9 Å². The monoisotopic (exact) mass is 239 g/mol. The van der Waals surface area contributed by atoms with Gasteiger partial charge in [-0.2, -0.15) is 0 Å². The topological polar surface area (TPSA) is 64.9 Å². The second-order valence-corrected chi connectivity index (χ2v) is 3.37. The van der Waals surface area contributed by atoms with Crippen LogP contribution in [0.5, 0.6) is 0 Å². The van der Waals surface area contributed by atoms with Crippen molar-refractivity contribution < 1.29 is 4.42 Å². The fourth-order valence-corrected chi connectivity index (χ4v) is 1.33. The summed E-state index contributed by atoms with van der Waals surface area (Å²) in [5, 5.41) is 0. The minimum atomic E-state index is 0.162. The molecule has 0 saturated heterocycles. The molecular formula is C8H6BrN3O. The average Bonchev–Trinajstić information content (AvgIpc) is 2.52. The van der Waals surface area contributed by atoms with Gasteiger partial charge < -0.3 is 10.2 Å². The van der Waals surface area contributed by atoms with E-state index in [9.17, 15) is 0 Å². The van der Waals surface area contributed by atoms with Gasteiger partial charge in [0, 0.05) is 22.4 Å². The molecule has 0 amide bonds. The molecule has 0 radical (unpaired) electrons. The Morgan fingerprint density at radius 2 is 2.15 bits per heavy atom. The summed E-state index contributed by atoms with van der Waals surface area (Å²) in [6.45, 7) is 0. The normalized spacial score (nSPS) is 10.2. The van der Waals surface area contributed by atoms with Crippen LogP contribution in [0.2, 0.25) is 0 Å². The summed E-state index contributed by atoms with van der Waals surface area (Å²) in [4.78, 5) is 7.79. The molecule has 0 aliphatic rings. The number of anilines is 1. The Morgan fingerprint density at radius 3 is 2.77 bits per heavy atom. The Hall–Kier alpha value is -1.36. The second kappa shape index (κ2) is 3.18. The van der Waals surface area contributed by atoms with E-state index < -0.39 is 0 Å². The molecule has 0 fully saturated rings. The van der Waals surface area contributed by atoms with Crippen molar-refractivity contribution in [2.45, 2.75) is 0 Å². The van der Waals surface area contributed by atoms with Crippen molar-refractivity contribution >= 4 is 21.9 Å². The first-order chi connectivity index (χ1) is 6.25. The van der Waals surface area contributed by atoms with Gasteiger partial charge >= 0.3 is 0 Å². The van der Waals surface area contributed by atoms with E-state index >= 15 is 0 Å². The van der Waals surface area contributed by atoms with Crippen LogP contribution in [0.15, 0.2) is 33.5 Å². The number of pyridine rings is 1. The summed E-state index contributed by atoms with van der Waals surface area (Å²) < 4.78 is 6.02. The van der Waals surface area contributed by atoms with E-state index in [0.29, 0.717) is 5.76 Å². The summed E-state index contributed by atoms with van der Waals surface area (Å²) >= 11 is 3.31. The number of hydrogen-bond donors (Lipinski definition) is 1. The van der Waals surface area contributed by atoms with Crippen molar-refractivity contribution in [3.8, 4) is 11.3 Å². The van der Waals surface area contributed by atoms with Gasteiger partial charge in [0.2, 0.25) is 0 Å². The summed E-state index contributed by atoms with van der Waals surface area (Å²) in [6, 6.07) is 2.04. The largest absolute Gasteiger partial charge is 0.424 e. The van der Waals surface area contributed by atoms with Crippen LogP contribution in [0, 0.1) is 0 Å².